The Morgan fingerprint density at radius 1 is 0.639 bits per heavy atom. The van der Waals surface area contributed by atoms with Crippen molar-refractivity contribution < 1.29 is 67.3 Å². The van der Waals surface area contributed by atoms with Gasteiger partial charge in [0.1, 0.15) is 59.7 Å². The molecule has 2 heterocycles. The van der Waals surface area contributed by atoms with Gasteiger partial charge in [-0.05, 0) is 94.2 Å². The highest BCUT2D eigenvalue weighted by atomic mass is 16.6. The number of rotatable bonds is 11. The number of benzene rings is 1. The molecule has 83 heavy (non-hydrogen) atoms. The maximum absolute atomic E-state index is 15.2. The second-order valence-corrected chi connectivity index (χ2v) is 24.6. The molecule has 23 nitrogen and oxygen atoms in total. The molecule has 2 fully saturated rings. The summed E-state index contributed by atoms with van der Waals surface area (Å²) in [5.74, 6) is -11.2. The van der Waals surface area contributed by atoms with E-state index in [2.05, 4.69) is 16.0 Å². The van der Waals surface area contributed by atoms with Crippen LogP contribution < -0.4 is 16.0 Å². The zero-order valence-corrected chi connectivity index (χ0v) is 52.7. The van der Waals surface area contributed by atoms with Gasteiger partial charge in [-0.25, -0.2) is 4.79 Å². The molecule has 466 valence electrons. The Bertz CT molecular complexity index is 2480. The molecule has 0 saturated carbocycles. The minimum absolute atomic E-state index is 0.0536. The van der Waals surface area contributed by atoms with Crippen LogP contribution in [0.5, 0.6) is 5.75 Å². The van der Waals surface area contributed by atoms with Crippen LogP contribution in [0.25, 0.3) is 0 Å². The van der Waals surface area contributed by atoms with Crippen molar-refractivity contribution >= 4 is 65.1 Å². The minimum atomic E-state index is -1.59. The molecule has 23 heteroatoms. The van der Waals surface area contributed by atoms with Crippen LogP contribution in [0.1, 0.15) is 141 Å². The standard InChI is InChI=1S/C60H97N9O14/c1-20-36(9)49-51(73)61-32-44(71)65(16)47(34(5)6)52(74)62-41(30-39-25-27-40(70)28-26-39)59(81)82-38(11)54(76)69-29-23-22-24-42(69)55(77)66(17)48(35(7)8)53(75)63-46(33(3)4)57(79)64(15)43(31-45(72)83-60(12,13)14)56(78)68(19)50(37(10)21-2)58(80)67(49)18/h25-28,33-38,41-43,46-50,70H,20-24,29-32H2,1-19H3,(H,61,73)(H,62,74)(H,63,75)/t36-,37-,38+,41-,42-,43-,46-,47-,48-,49-,50-/m0/s1. The van der Waals surface area contributed by atoms with E-state index in [-0.39, 0.29) is 25.1 Å². The number of fused-ring (bicyclic) bond motifs is 1. The number of piperidine rings is 1. The van der Waals surface area contributed by atoms with Gasteiger partial charge in [0.05, 0.1) is 13.0 Å². The van der Waals surface area contributed by atoms with Crippen molar-refractivity contribution in [2.75, 3.05) is 48.3 Å². The molecule has 0 spiro atoms. The molecule has 0 aliphatic carbocycles. The van der Waals surface area contributed by atoms with Crippen molar-refractivity contribution in [1.82, 2.24) is 45.3 Å². The largest absolute Gasteiger partial charge is 0.508 e. The van der Waals surface area contributed by atoms with Crippen LogP contribution in [-0.4, -0.2) is 208 Å². The van der Waals surface area contributed by atoms with Crippen molar-refractivity contribution in [1.29, 1.82) is 0 Å². The Hall–Kier alpha value is -6.81. The summed E-state index contributed by atoms with van der Waals surface area (Å²) in [4.78, 5) is 167. The van der Waals surface area contributed by atoms with Crippen LogP contribution in [0, 0.1) is 29.6 Å². The van der Waals surface area contributed by atoms with Crippen LogP contribution in [0.4, 0.5) is 0 Å². The number of phenols is 1. The van der Waals surface area contributed by atoms with Crippen LogP contribution in [0.2, 0.25) is 0 Å². The fourth-order valence-corrected chi connectivity index (χ4v) is 10.9. The number of cyclic esters (lactones) is 1. The van der Waals surface area contributed by atoms with E-state index in [9.17, 15) is 48.3 Å². The van der Waals surface area contributed by atoms with E-state index in [4.69, 9.17) is 9.47 Å². The van der Waals surface area contributed by atoms with Crippen molar-refractivity contribution in [2.24, 2.45) is 29.6 Å². The second-order valence-electron chi connectivity index (χ2n) is 24.6. The fraction of sp³-hybridized carbons (Fsp3) is 0.717. The Morgan fingerprint density at radius 2 is 1.16 bits per heavy atom. The maximum Gasteiger partial charge on any atom is 0.329 e. The lowest BCUT2D eigenvalue weighted by atomic mass is 9.92. The van der Waals surface area contributed by atoms with Gasteiger partial charge in [-0.2, -0.15) is 0 Å². The molecule has 4 N–H and O–H groups in total. The van der Waals surface area contributed by atoms with Crippen molar-refractivity contribution in [2.45, 2.75) is 202 Å². The number of carbonyl (C=O) groups excluding carboxylic acids is 11. The molecule has 2 aliphatic rings. The van der Waals surface area contributed by atoms with Crippen LogP contribution in [-0.2, 0) is 68.6 Å². The summed E-state index contributed by atoms with van der Waals surface area (Å²) < 4.78 is 11.5. The van der Waals surface area contributed by atoms with E-state index in [0.29, 0.717) is 31.2 Å². The monoisotopic (exact) mass is 1170 g/mol. The molecule has 1 aromatic rings. The molecule has 0 bridgehead atoms. The molecule has 2 aliphatic heterocycles. The number of amides is 9. The van der Waals surface area contributed by atoms with Crippen molar-refractivity contribution in [3.05, 3.63) is 29.8 Å². The Morgan fingerprint density at radius 3 is 1.69 bits per heavy atom. The molecule has 0 radical (unpaired) electrons. The number of phenolic OH excluding ortho intramolecular Hbond substituents is 1. The summed E-state index contributed by atoms with van der Waals surface area (Å²) in [7, 11) is 6.91. The first-order chi connectivity index (χ1) is 38.5. The number of nitrogens with one attached hydrogen (secondary N) is 3. The van der Waals surface area contributed by atoms with E-state index >= 15 is 9.59 Å². The molecule has 0 unspecified atom stereocenters. The van der Waals surface area contributed by atoms with E-state index in [1.54, 1.807) is 88.3 Å². The van der Waals surface area contributed by atoms with Crippen molar-refractivity contribution in [3.8, 4) is 5.75 Å². The van der Waals surface area contributed by atoms with Gasteiger partial charge >= 0.3 is 11.9 Å². The summed E-state index contributed by atoms with van der Waals surface area (Å²) in [5, 5.41) is 18.3. The van der Waals surface area contributed by atoms with E-state index in [0.717, 1.165) is 9.80 Å². The minimum Gasteiger partial charge on any atom is -0.508 e. The first kappa shape index (κ1) is 70.5. The third-order valence-electron chi connectivity index (χ3n) is 16.0. The van der Waals surface area contributed by atoms with Gasteiger partial charge in [0, 0.05) is 48.2 Å². The second kappa shape index (κ2) is 30.7. The Balaban J connectivity index is 2.31. The summed E-state index contributed by atoms with van der Waals surface area (Å²) in [6.45, 7) is 23.0. The van der Waals surface area contributed by atoms with Gasteiger partial charge in [-0.3, -0.25) is 47.9 Å². The van der Waals surface area contributed by atoms with E-state index in [1.165, 1.54) is 73.9 Å². The molecular formula is C60H97N9O14. The topological polar surface area (TPSA) is 282 Å². The molecule has 2 saturated heterocycles. The average Bonchev–Trinajstić information content (AvgIpc) is 3.57. The van der Waals surface area contributed by atoms with E-state index < -0.39 is 168 Å². The summed E-state index contributed by atoms with van der Waals surface area (Å²) in [6, 6.07) is -4.52. The van der Waals surface area contributed by atoms with E-state index in [1.807, 2.05) is 13.8 Å². The zero-order chi connectivity index (χ0) is 63.3. The van der Waals surface area contributed by atoms with Gasteiger partial charge in [0.25, 0.3) is 5.91 Å². The highest BCUT2D eigenvalue weighted by Gasteiger charge is 2.46. The molecule has 1 aromatic carbocycles. The van der Waals surface area contributed by atoms with Gasteiger partial charge in [0.15, 0.2) is 6.10 Å². The average molecular weight is 1170 g/mol. The number of hydrogen-bond acceptors (Lipinski definition) is 14. The number of ether oxygens (including phenoxy) is 2. The Labute approximate surface area is 491 Å². The summed E-state index contributed by atoms with van der Waals surface area (Å²) in [6.07, 6.45) is -0.318. The molecule has 3 rings (SSSR count). The van der Waals surface area contributed by atoms with Crippen molar-refractivity contribution in [3.63, 3.8) is 0 Å². The highest BCUT2D eigenvalue weighted by Crippen LogP contribution is 2.27. The summed E-state index contributed by atoms with van der Waals surface area (Å²) >= 11 is 0. The third-order valence-corrected chi connectivity index (χ3v) is 16.0. The van der Waals surface area contributed by atoms with Gasteiger partial charge < -0.3 is 59.9 Å². The number of hydrogen-bond donors (Lipinski definition) is 4. The summed E-state index contributed by atoms with van der Waals surface area (Å²) in [5.41, 5.74) is -0.507. The maximum atomic E-state index is 15.2. The molecule has 11 atom stereocenters. The smallest absolute Gasteiger partial charge is 0.329 e. The third kappa shape index (κ3) is 18.3. The predicted molar refractivity (Wildman–Crippen MR) is 310 cm³/mol. The molecule has 9 amide bonds. The number of aromatic hydroxyl groups is 1. The number of carbonyl (C=O) groups is 11. The lowest BCUT2D eigenvalue weighted by Crippen LogP contribution is -2.63. The van der Waals surface area contributed by atoms with Gasteiger partial charge in [0.2, 0.25) is 47.3 Å². The normalized spacial score (nSPS) is 26.4. The Kier molecular flexibility index (Phi) is 26.0. The first-order valence-electron chi connectivity index (χ1n) is 29.2. The van der Waals surface area contributed by atoms with Gasteiger partial charge in [-0.1, -0.05) is 94.2 Å². The fourth-order valence-electron chi connectivity index (χ4n) is 10.9. The quantitative estimate of drug-likeness (QED) is 0.232. The lowest BCUT2D eigenvalue weighted by molar-refractivity contribution is -0.165. The zero-order valence-electron chi connectivity index (χ0n) is 52.7. The van der Waals surface area contributed by atoms with Crippen LogP contribution >= 0.6 is 0 Å². The lowest BCUT2D eigenvalue weighted by Gasteiger charge is -2.41. The number of nitrogens with zero attached hydrogens (tertiary/aromatic N) is 6. The first-order valence-corrected chi connectivity index (χ1v) is 29.2. The van der Waals surface area contributed by atoms with Gasteiger partial charge in [-0.15, -0.1) is 0 Å². The molecule has 0 aromatic heterocycles. The highest BCUT2D eigenvalue weighted by molar-refractivity contribution is 5.99. The number of esters is 2. The number of likely N-dealkylation sites (N-methyl/N-ethyl adjacent to an activating group) is 5. The molecular weight excluding hydrogens is 1070 g/mol. The van der Waals surface area contributed by atoms with Crippen LogP contribution in [0.3, 0.4) is 0 Å². The SMILES string of the molecule is CC[C@H](C)[C@H]1C(=O)NCC(=O)N(C)[C@@H](C(C)C)C(=O)N[C@@H](Cc2ccc(O)cc2)C(=O)O[C@H](C)C(=O)N2CCCC[C@H]2C(=O)N(C)[C@@H](C(C)C)C(=O)N[C@@H](C(C)C)C(=O)N(C)[C@@H](CC(=O)OC(C)(C)C)C(=O)N(C)[C@@H]([C@@H](C)CC)C(=O)N1C. The van der Waals surface area contributed by atoms with Crippen LogP contribution in [0.15, 0.2) is 24.3 Å². The predicted octanol–water partition coefficient (Wildman–Crippen LogP) is 3.27.